The lowest BCUT2D eigenvalue weighted by atomic mass is 10.0. The van der Waals surface area contributed by atoms with Crippen molar-refractivity contribution in [1.29, 1.82) is 0 Å². The van der Waals surface area contributed by atoms with E-state index in [4.69, 9.17) is 5.11 Å². The van der Waals surface area contributed by atoms with Crippen molar-refractivity contribution in [1.82, 2.24) is 9.78 Å². The van der Waals surface area contributed by atoms with Gasteiger partial charge < -0.3 is 10.4 Å². The lowest BCUT2D eigenvalue weighted by Gasteiger charge is -2.27. The fourth-order valence-corrected chi connectivity index (χ4v) is 1.91. The second-order valence-electron chi connectivity index (χ2n) is 5.56. The van der Waals surface area contributed by atoms with E-state index in [-0.39, 0.29) is 18.3 Å². The van der Waals surface area contributed by atoms with Crippen molar-refractivity contribution in [2.45, 2.75) is 52.6 Å². The van der Waals surface area contributed by atoms with Crippen molar-refractivity contribution in [3.63, 3.8) is 0 Å². The number of anilines is 1. The molecule has 0 aromatic carbocycles. The quantitative estimate of drug-likeness (QED) is 0.611. The maximum absolute atomic E-state index is 11.2. The first-order chi connectivity index (χ1) is 8.69. The minimum atomic E-state index is -0.446. The van der Waals surface area contributed by atoms with Crippen LogP contribution in [0.2, 0.25) is 0 Å². The summed E-state index contributed by atoms with van der Waals surface area (Å²) in [5.74, 6) is 0.399. The molecule has 0 saturated carbocycles. The molecule has 0 saturated heterocycles. The number of nitrogens with zero attached hydrogens (tertiary/aromatic N) is 3. The van der Waals surface area contributed by atoms with Crippen LogP contribution in [0.5, 0.6) is 0 Å². The topological polar surface area (TPSA) is 93.2 Å². The molecule has 0 aliphatic heterocycles. The Kier molecular flexibility index (Phi) is 4.52. The van der Waals surface area contributed by atoms with Gasteiger partial charge in [-0.3, -0.25) is 10.1 Å². The first kappa shape index (κ1) is 15.4. The first-order valence-electron chi connectivity index (χ1n) is 6.32. The molecule has 0 atom stereocenters. The van der Waals surface area contributed by atoms with E-state index >= 15 is 0 Å². The Morgan fingerprint density at radius 2 is 2.11 bits per heavy atom. The van der Waals surface area contributed by atoms with Gasteiger partial charge in [0.2, 0.25) is 5.82 Å². The van der Waals surface area contributed by atoms with E-state index in [9.17, 15) is 10.1 Å². The van der Waals surface area contributed by atoms with Crippen molar-refractivity contribution < 1.29 is 10.0 Å². The van der Waals surface area contributed by atoms with E-state index in [1.165, 1.54) is 0 Å². The molecule has 0 aliphatic carbocycles. The van der Waals surface area contributed by atoms with Gasteiger partial charge in [-0.15, -0.1) is 0 Å². The molecule has 0 unspecified atom stereocenters. The van der Waals surface area contributed by atoms with Crippen LogP contribution in [0.25, 0.3) is 0 Å². The molecule has 0 fully saturated rings. The molecule has 7 nitrogen and oxygen atoms in total. The summed E-state index contributed by atoms with van der Waals surface area (Å²) in [6.45, 7) is 9.25. The molecule has 0 radical (unpaired) electrons. The van der Waals surface area contributed by atoms with Crippen molar-refractivity contribution in [2.75, 3.05) is 11.9 Å². The molecule has 7 heteroatoms. The molecule has 1 heterocycles. The lowest BCUT2D eigenvalue weighted by molar-refractivity contribution is -0.384. The maximum Gasteiger partial charge on any atom is 0.333 e. The van der Waals surface area contributed by atoms with Crippen LogP contribution < -0.4 is 5.32 Å². The highest BCUT2D eigenvalue weighted by Crippen LogP contribution is 2.33. The van der Waals surface area contributed by atoms with E-state index in [0.29, 0.717) is 17.9 Å². The molecule has 108 valence electrons. The number of hydrogen-bond acceptors (Lipinski definition) is 5. The average Bonchev–Trinajstić information content (AvgIpc) is 2.54. The highest BCUT2D eigenvalue weighted by atomic mass is 16.6. The van der Waals surface area contributed by atoms with Gasteiger partial charge in [0.15, 0.2) is 0 Å². The number of aliphatic hydroxyl groups excluding tert-OH is 1. The van der Waals surface area contributed by atoms with Gasteiger partial charge >= 0.3 is 5.69 Å². The molecule has 1 aromatic rings. The van der Waals surface area contributed by atoms with Crippen LogP contribution in [-0.2, 0) is 0 Å². The van der Waals surface area contributed by atoms with Crippen molar-refractivity contribution >= 4 is 11.5 Å². The van der Waals surface area contributed by atoms with Gasteiger partial charge in [0, 0.05) is 18.2 Å². The summed E-state index contributed by atoms with van der Waals surface area (Å²) in [4.78, 5) is 10.8. The molecule has 1 aromatic heterocycles. The Hall–Kier alpha value is -1.63. The Labute approximate surface area is 112 Å². The summed E-state index contributed by atoms with van der Waals surface area (Å²) in [7, 11) is 0. The summed E-state index contributed by atoms with van der Waals surface area (Å²) in [6.07, 6.45) is 0.493. The van der Waals surface area contributed by atoms with Crippen LogP contribution in [0, 0.1) is 17.0 Å². The third-order valence-corrected chi connectivity index (χ3v) is 2.92. The van der Waals surface area contributed by atoms with Gasteiger partial charge in [-0.05, 0) is 41.0 Å². The van der Waals surface area contributed by atoms with E-state index in [1.54, 1.807) is 11.6 Å². The second-order valence-corrected chi connectivity index (χ2v) is 5.56. The van der Waals surface area contributed by atoms with Gasteiger partial charge in [0.05, 0.1) is 4.92 Å². The predicted molar refractivity (Wildman–Crippen MR) is 73.4 cm³/mol. The second kappa shape index (κ2) is 5.56. The van der Waals surface area contributed by atoms with E-state index in [2.05, 4.69) is 10.4 Å². The minimum Gasteiger partial charge on any atom is -0.396 e. The fourth-order valence-electron chi connectivity index (χ4n) is 1.91. The Bertz CT molecular complexity index is 466. The zero-order valence-electron chi connectivity index (χ0n) is 12.1. The lowest BCUT2D eigenvalue weighted by Crippen LogP contribution is -2.33. The zero-order valence-corrected chi connectivity index (χ0v) is 12.1. The largest absolute Gasteiger partial charge is 0.396 e. The van der Waals surface area contributed by atoms with E-state index in [1.807, 2.05) is 27.7 Å². The van der Waals surface area contributed by atoms with Gasteiger partial charge in [0.25, 0.3) is 0 Å². The summed E-state index contributed by atoms with van der Waals surface area (Å²) in [5.41, 5.74) is -0.0563. The number of aryl methyl sites for hydroxylation is 1. The molecular formula is C12H22N4O3. The third kappa shape index (κ3) is 3.44. The normalized spacial score (nSPS) is 11.9. The van der Waals surface area contributed by atoms with Crippen molar-refractivity contribution in [2.24, 2.45) is 0 Å². The molecule has 0 bridgehead atoms. The first-order valence-corrected chi connectivity index (χ1v) is 6.32. The number of nitro groups is 1. The fraction of sp³-hybridized carbons (Fsp3) is 0.750. The number of aromatic nitrogens is 2. The molecule has 0 amide bonds. The highest BCUT2D eigenvalue weighted by Gasteiger charge is 2.30. The molecular weight excluding hydrogens is 248 g/mol. The Morgan fingerprint density at radius 3 is 2.53 bits per heavy atom. The zero-order chi connectivity index (χ0) is 14.8. The minimum absolute atomic E-state index is 0.000264. The average molecular weight is 270 g/mol. The third-order valence-electron chi connectivity index (χ3n) is 2.92. The Morgan fingerprint density at radius 1 is 1.53 bits per heavy atom. The molecule has 2 N–H and O–H groups in total. The predicted octanol–water partition coefficient (Wildman–Crippen LogP) is 2.25. The van der Waals surface area contributed by atoms with Gasteiger partial charge in [-0.1, -0.05) is 0 Å². The monoisotopic (exact) mass is 270 g/mol. The number of aliphatic hydroxyl groups is 1. The Balaban J connectivity index is 3.26. The van der Waals surface area contributed by atoms with Crippen molar-refractivity contribution in [3.8, 4) is 0 Å². The van der Waals surface area contributed by atoms with Crippen LogP contribution in [-0.4, -0.2) is 32.0 Å². The number of rotatable bonds is 6. The van der Waals surface area contributed by atoms with Crippen molar-refractivity contribution in [3.05, 3.63) is 15.8 Å². The SMILES string of the molecule is Cc1nn(C(C)C)c(NC(C)(C)CCO)c1[N+](=O)[O-]. The summed E-state index contributed by atoms with van der Waals surface area (Å²) >= 11 is 0. The van der Waals surface area contributed by atoms with E-state index < -0.39 is 10.5 Å². The van der Waals surface area contributed by atoms with E-state index in [0.717, 1.165) is 0 Å². The smallest absolute Gasteiger partial charge is 0.333 e. The molecule has 1 rings (SSSR count). The van der Waals surface area contributed by atoms with Crippen LogP contribution in [0.15, 0.2) is 0 Å². The van der Waals surface area contributed by atoms with Crippen LogP contribution in [0.1, 0.15) is 45.9 Å². The van der Waals surface area contributed by atoms with Crippen LogP contribution in [0.4, 0.5) is 11.5 Å². The van der Waals surface area contributed by atoms with Gasteiger partial charge in [-0.25, -0.2) is 4.68 Å². The summed E-state index contributed by atoms with van der Waals surface area (Å²) in [6, 6.07) is 0.0137. The number of nitrogens with one attached hydrogen (secondary N) is 1. The summed E-state index contributed by atoms with van der Waals surface area (Å²) < 4.78 is 1.62. The maximum atomic E-state index is 11.2. The van der Waals surface area contributed by atoms with Crippen LogP contribution >= 0.6 is 0 Å². The van der Waals surface area contributed by atoms with Gasteiger partial charge in [-0.2, -0.15) is 5.10 Å². The molecule has 19 heavy (non-hydrogen) atoms. The summed E-state index contributed by atoms with van der Waals surface area (Å²) in [5, 5.41) is 27.6. The molecule has 0 spiro atoms. The highest BCUT2D eigenvalue weighted by molar-refractivity contribution is 5.60. The standard InChI is InChI=1S/C12H22N4O3/c1-8(2)15-11(13-12(4,5)6-7-17)10(16(18)19)9(3)14-15/h8,13,17H,6-7H2,1-5H3. The molecule has 0 aliphatic rings. The number of hydrogen-bond donors (Lipinski definition) is 2. The van der Waals surface area contributed by atoms with Crippen LogP contribution in [0.3, 0.4) is 0 Å². The van der Waals surface area contributed by atoms with Gasteiger partial charge in [0.1, 0.15) is 5.69 Å².